The van der Waals surface area contributed by atoms with Crippen LogP contribution < -0.4 is 5.32 Å². The number of amides is 2. The summed E-state index contributed by atoms with van der Waals surface area (Å²) in [7, 11) is 1.56. The predicted octanol–water partition coefficient (Wildman–Crippen LogP) is 0.219. The van der Waals surface area contributed by atoms with Crippen LogP contribution in [0.25, 0.3) is 0 Å². The maximum absolute atomic E-state index is 12.3. The molecule has 1 aromatic heterocycles. The summed E-state index contributed by atoms with van der Waals surface area (Å²) in [6.07, 6.45) is 1.44. The van der Waals surface area contributed by atoms with Crippen LogP contribution in [0.3, 0.4) is 0 Å². The molecule has 2 heterocycles. The van der Waals surface area contributed by atoms with Gasteiger partial charge in [-0.05, 0) is 18.7 Å². The Morgan fingerprint density at radius 3 is 2.45 bits per heavy atom. The molecule has 1 aliphatic heterocycles. The first-order chi connectivity index (χ1) is 9.65. The zero-order valence-corrected chi connectivity index (χ0v) is 11.9. The first-order valence-corrected chi connectivity index (χ1v) is 6.85. The number of nitrogens with one attached hydrogen (secondary N) is 1. The number of carbonyl (C=O) groups excluding carboxylic acids is 2. The topological polar surface area (TPSA) is 65.5 Å². The van der Waals surface area contributed by atoms with Crippen LogP contribution in [0.5, 0.6) is 0 Å². The van der Waals surface area contributed by atoms with Crippen LogP contribution in [-0.2, 0) is 0 Å². The Kier molecular flexibility index (Phi) is 4.68. The third kappa shape index (κ3) is 3.14. The number of hydrogen-bond acceptors (Lipinski definition) is 4. The monoisotopic (exact) mass is 276 g/mol. The second-order valence-corrected chi connectivity index (χ2v) is 4.74. The summed E-state index contributed by atoms with van der Waals surface area (Å²) in [6, 6.07) is 3.24. The highest BCUT2D eigenvalue weighted by Gasteiger charge is 2.22. The normalized spacial score (nSPS) is 16.0. The summed E-state index contributed by atoms with van der Waals surface area (Å²) in [6.45, 7) is 6.39. The zero-order valence-electron chi connectivity index (χ0n) is 11.9. The SMILES string of the molecule is CCN1CCN(C(=O)c2ccc(C(=O)NC)cn2)CC1. The summed E-state index contributed by atoms with van der Waals surface area (Å²) in [5.74, 6) is -0.266. The van der Waals surface area contributed by atoms with Crippen LogP contribution >= 0.6 is 0 Å². The third-order valence-electron chi connectivity index (χ3n) is 3.58. The van der Waals surface area contributed by atoms with E-state index in [4.69, 9.17) is 0 Å². The number of carbonyl (C=O) groups is 2. The highest BCUT2D eigenvalue weighted by molar-refractivity contribution is 5.96. The van der Waals surface area contributed by atoms with Crippen molar-refractivity contribution in [3.05, 3.63) is 29.6 Å². The highest BCUT2D eigenvalue weighted by atomic mass is 16.2. The van der Waals surface area contributed by atoms with Crippen molar-refractivity contribution < 1.29 is 9.59 Å². The van der Waals surface area contributed by atoms with Crippen LogP contribution in [0, 0.1) is 0 Å². The first-order valence-electron chi connectivity index (χ1n) is 6.85. The van der Waals surface area contributed by atoms with E-state index in [9.17, 15) is 9.59 Å². The Labute approximate surface area is 118 Å². The number of rotatable bonds is 3. The van der Waals surface area contributed by atoms with Gasteiger partial charge in [-0.15, -0.1) is 0 Å². The molecule has 0 aromatic carbocycles. The summed E-state index contributed by atoms with van der Waals surface area (Å²) in [5.41, 5.74) is 0.849. The fourth-order valence-electron chi connectivity index (χ4n) is 2.23. The minimum Gasteiger partial charge on any atom is -0.355 e. The molecule has 1 fully saturated rings. The predicted molar refractivity (Wildman–Crippen MR) is 75.6 cm³/mol. The smallest absolute Gasteiger partial charge is 0.272 e. The Balaban J connectivity index is 2.01. The van der Waals surface area contributed by atoms with Crippen LogP contribution in [0.2, 0.25) is 0 Å². The van der Waals surface area contributed by atoms with Crippen LogP contribution in [-0.4, -0.2) is 66.4 Å². The van der Waals surface area contributed by atoms with Crippen molar-refractivity contribution >= 4 is 11.8 Å². The lowest BCUT2D eigenvalue weighted by molar-refractivity contribution is 0.0637. The molecule has 0 unspecified atom stereocenters. The lowest BCUT2D eigenvalue weighted by atomic mass is 10.2. The number of aromatic nitrogens is 1. The van der Waals surface area contributed by atoms with Crippen molar-refractivity contribution in [2.24, 2.45) is 0 Å². The molecule has 0 spiro atoms. The largest absolute Gasteiger partial charge is 0.355 e. The average Bonchev–Trinajstić information content (AvgIpc) is 2.53. The van der Waals surface area contributed by atoms with Gasteiger partial charge in [0.1, 0.15) is 5.69 Å². The maximum atomic E-state index is 12.3. The maximum Gasteiger partial charge on any atom is 0.272 e. The standard InChI is InChI=1S/C14H20N4O2/c1-3-17-6-8-18(9-7-17)14(20)12-5-4-11(10-16-12)13(19)15-2/h4-5,10H,3,6-9H2,1-2H3,(H,15,19). The van der Waals surface area contributed by atoms with Gasteiger partial charge in [0.05, 0.1) is 5.56 Å². The lowest BCUT2D eigenvalue weighted by Gasteiger charge is -2.33. The molecule has 20 heavy (non-hydrogen) atoms. The summed E-state index contributed by atoms with van der Waals surface area (Å²) < 4.78 is 0. The second kappa shape index (κ2) is 6.47. The minimum atomic E-state index is -0.201. The van der Waals surface area contributed by atoms with Crippen molar-refractivity contribution in [3.8, 4) is 0 Å². The first kappa shape index (κ1) is 14.5. The van der Waals surface area contributed by atoms with E-state index < -0.39 is 0 Å². The fraction of sp³-hybridized carbons (Fsp3) is 0.500. The van der Waals surface area contributed by atoms with E-state index in [1.807, 2.05) is 4.90 Å². The molecule has 6 heteroatoms. The van der Waals surface area contributed by atoms with Gasteiger partial charge in [0.25, 0.3) is 11.8 Å². The van der Waals surface area contributed by atoms with Gasteiger partial charge >= 0.3 is 0 Å². The van der Waals surface area contributed by atoms with Crippen molar-refractivity contribution in [1.82, 2.24) is 20.1 Å². The van der Waals surface area contributed by atoms with Crippen molar-refractivity contribution in [1.29, 1.82) is 0 Å². The van der Waals surface area contributed by atoms with Gasteiger partial charge in [0.2, 0.25) is 0 Å². The fourth-order valence-corrected chi connectivity index (χ4v) is 2.23. The van der Waals surface area contributed by atoms with E-state index in [0.717, 1.165) is 32.7 Å². The number of hydrogen-bond donors (Lipinski definition) is 1. The van der Waals surface area contributed by atoms with E-state index in [0.29, 0.717) is 11.3 Å². The Hall–Kier alpha value is -1.95. The summed E-state index contributed by atoms with van der Waals surface area (Å²) in [4.78, 5) is 31.9. The molecule has 1 aliphatic rings. The van der Waals surface area contributed by atoms with Gasteiger partial charge in [0, 0.05) is 39.4 Å². The van der Waals surface area contributed by atoms with Gasteiger partial charge in [-0.25, -0.2) is 0 Å². The molecule has 0 radical (unpaired) electrons. The second-order valence-electron chi connectivity index (χ2n) is 4.74. The zero-order chi connectivity index (χ0) is 14.5. The van der Waals surface area contributed by atoms with Gasteiger partial charge in [0.15, 0.2) is 0 Å². The van der Waals surface area contributed by atoms with E-state index in [2.05, 4.69) is 22.1 Å². The molecular formula is C14H20N4O2. The molecule has 108 valence electrons. The van der Waals surface area contributed by atoms with E-state index in [1.54, 1.807) is 19.2 Å². The van der Waals surface area contributed by atoms with Gasteiger partial charge in [-0.2, -0.15) is 0 Å². The van der Waals surface area contributed by atoms with E-state index in [1.165, 1.54) is 6.20 Å². The molecule has 1 N–H and O–H groups in total. The number of likely N-dealkylation sites (N-methyl/N-ethyl adjacent to an activating group) is 1. The Morgan fingerprint density at radius 2 is 1.95 bits per heavy atom. The van der Waals surface area contributed by atoms with E-state index in [-0.39, 0.29) is 11.8 Å². The molecule has 0 atom stereocenters. The van der Waals surface area contributed by atoms with Crippen LogP contribution in [0.15, 0.2) is 18.3 Å². The van der Waals surface area contributed by atoms with Crippen molar-refractivity contribution in [2.75, 3.05) is 39.8 Å². The molecule has 1 saturated heterocycles. The Bertz CT molecular complexity index is 478. The van der Waals surface area contributed by atoms with Crippen LogP contribution in [0.4, 0.5) is 0 Å². The van der Waals surface area contributed by atoms with Crippen molar-refractivity contribution in [2.45, 2.75) is 6.92 Å². The molecule has 2 amide bonds. The highest BCUT2D eigenvalue weighted by Crippen LogP contribution is 2.08. The minimum absolute atomic E-state index is 0.0655. The Morgan fingerprint density at radius 1 is 1.25 bits per heavy atom. The van der Waals surface area contributed by atoms with Gasteiger partial charge in [-0.1, -0.05) is 6.92 Å². The molecule has 0 bridgehead atoms. The lowest BCUT2D eigenvalue weighted by Crippen LogP contribution is -2.48. The van der Waals surface area contributed by atoms with Crippen molar-refractivity contribution in [3.63, 3.8) is 0 Å². The summed E-state index contributed by atoms with van der Waals surface area (Å²) in [5, 5.41) is 2.52. The molecule has 6 nitrogen and oxygen atoms in total. The molecule has 1 aromatic rings. The van der Waals surface area contributed by atoms with Gasteiger partial charge < -0.3 is 15.1 Å². The summed E-state index contributed by atoms with van der Waals surface area (Å²) >= 11 is 0. The van der Waals surface area contributed by atoms with E-state index >= 15 is 0 Å². The molecular weight excluding hydrogens is 256 g/mol. The average molecular weight is 276 g/mol. The van der Waals surface area contributed by atoms with Gasteiger partial charge in [-0.3, -0.25) is 14.6 Å². The number of piperazine rings is 1. The third-order valence-corrected chi connectivity index (χ3v) is 3.58. The molecule has 0 aliphatic carbocycles. The quantitative estimate of drug-likeness (QED) is 0.857. The molecule has 0 saturated carbocycles. The number of nitrogens with zero attached hydrogens (tertiary/aromatic N) is 3. The van der Waals surface area contributed by atoms with Crippen LogP contribution in [0.1, 0.15) is 27.8 Å². The molecule has 2 rings (SSSR count). The number of pyridine rings is 1.